The molecule has 3 N–H and O–H groups in total. The number of nitrogens with zero attached hydrogens (tertiary/aromatic N) is 6. The van der Waals surface area contributed by atoms with Crippen LogP contribution in [0, 0.1) is 0 Å². The van der Waals surface area contributed by atoms with Gasteiger partial charge in [-0.2, -0.15) is 4.68 Å². The molecule has 0 spiro atoms. The minimum atomic E-state index is -1.31. The number of para-hydroxylation sites is 1. The lowest BCUT2D eigenvalue weighted by Gasteiger charge is -2.42. The zero-order valence-electron chi connectivity index (χ0n) is 17.1. The lowest BCUT2D eigenvalue weighted by Crippen LogP contribution is -2.53. The summed E-state index contributed by atoms with van der Waals surface area (Å²) in [5.74, 6) is 1.07. The summed E-state index contributed by atoms with van der Waals surface area (Å²) < 4.78 is 14.2. The highest BCUT2D eigenvalue weighted by atomic mass is 16.5. The van der Waals surface area contributed by atoms with Crippen LogP contribution in [0.3, 0.4) is 0 Å². The summed E-state index contributed by atoms with van der Waals surface area (Å²) in [4.78, 5) is 0. The number of hydrogen-bond acceptors (Lipinski definition) is 9. The van der Waals surface area contributed by atoms with Crippen molar-refractivity contribution < 1.29 is 24.8 Å². The average molecular weight is 438 g/mol. The number of hydrogen-bond donors (Lipinski definition) is 3. The smallest absolute Gasteiger partial charge is 0.197 e. The van der Waals surface area contributed by atoms with Gasteiger partial charge in [-0.3, -0.25) is 0 Å². The van der Waals surface area contributed by atoms with Crippen LogP contribution in [0.25, 0.3) is 16.9 Å². The van der Waals surface area contributed by atoms with Gasteiger partial charge in [-0.05, 0) is 29.8 Å². The van der Waals surface area contributed by atoms with E-state index in [1.807, 2.05) is 24.3 Å². The second-order valence-electron chi connectivity index (χ2n) is 7.57. The van der Waals surface area contributed by atoms with Crippen LogP contribution in [0.4, 0.5) is 0 Å². The average Bonchev–Trinajstić information content (AvgIpc) is 3.48. The van der Waals surface area contributed by atoms with Gasteiger partial charge >= 0.3 is 0 Å². The number of rotatable bonds is 5. The first-order valence-electron chi connectivity index (χ1n) is 10.1. The number of aliphatic hydroxyl groups excluding tert-OH is 3. The first-order chi connectivity index (χ1) is 15.6. The Kier molecular flexibility index (Phi) is 5.31. The van der Waals surface area contributed by atoms with Gasteiger partial charge in [0, 0.05) is 0 Å². The van der Waals surface area contributed by atoms with Crippen LogP contribution in [0.15, 0.2) is 54.7 Å². The maximum Gasteiger partial charge on any atom is 0.197 e. The molecule has 0 amide bonds. The third kappa shape index (κ3) is 3.41. The van der Waals surface area contributed by atoms with Crippen LogP contribution in [-0.2, 0) is 4.74 Å². The molecule has 2 aromatic carbocycles. The van der Waals surface area contributed by atoms with Crippen LogP contribution < -0.4 is 4.74 Å². The molecule has 1 saturated heterocycles. The summed E-state index contributed by atoms with van der Waals surface area (Å²) in [6, 6.07) is 13.8. The molecule has 3 heterocycles. The van der Waals surface area contributed by atoms with Crippen LogP contribution >= 0.6 is 0 Å². The van der Waals surface area contributed by atoms with Gasteiger partial charge in [-0.25, -0.2) is 4.68 Å². The molecule has 1 aliphatic rings. The van der Waals surface area contributed by atoms with Crippen molar-refractivity contribution in [2.45, 2.75) is 30.5 Å². The molecule has 5 atom stereocenters. The molecule has 0 unspecified atom stereocenters. The monoisotopic (exact) mass is 438 g/mol. The lowest BCUT2D eigenvalue weighted by atomic mass is 9.89. The van der Waals surface area contributed by atoms with Crippen LogP contribution in [0.1, 0.15) is 17.7 Å². The van der Waals surface area contributed by atoms with Gasteiger partial charge in [0.2, 0.25) is 0 Å². The molecule has 5 rings (SSSR count). The molecule has 1 fully saturated rings. The Hall–Kier alpha value is -3.38. The van der Waals surface area contributed by atoms with E-state index in [-0.39, 0.29) is 0 Å². The third-order valence-electron chi connectivity index (χ3n) is 5.71. The third-order valence-corrected chi connectivity index (χ3v) is 5.71. The van der Waals surface area contributed by atoms with E-state index in [1.54, 1.807) is 42.3 Å². The Morgan fingerprint density at radius 1 is 1.00 bits per heavy atom. The van der Waals surface area contributed by atoms with Crippen LogP contribution in [-0.4, -0.2) is 77.3 Å². The minimum Gasteiger partial charge on any atom is -0.497 e. The Balaban J connectivity index is 1.54. The SMILES string of the molecule is COc1ccc([C@@H]2O[C@H](CO)[C@H](O)[C@H](O)[C@H]2n2cc(-n3nnc4ccccc43)nn2)cc1. The van der Waals surface area contributed by atoms with E-state index in [0.717, 1.165) is 11.1 Å². The van der Waals surface area contributed by atoms with Gasteiger partial charge in [0.1, 0.15) is 41.7 Å². The van der Waals surface area contributed by atoms with E-state index in [1.165, 1.54) is 4.68 Å². The van der Waals surface area contributed by atoms with E-state index in [4.69, 9.17) is 9.47 Å². The molecule has 0 radical (unpaired) electrons. The second-order valence-corrected chi connectivity index (χ2v) is 7.57. The van der Waals surface area contributed by atoms with Crippen molar-refractivity contribution in [1.29, 1.82) is 0 Å². The molecule has 2 aromatic heterocycles. The topological polar surface area (TPSA) is 141 Å². The van der Waals surface area contributed by atoms with E-state index >= 15 is 0 Å². The predicted molar refractivity (Wildman–Crippen MR) is 111 cm³/mol. The minimum absolute atomic E-state index is 0.401. The largest absolute Gasteiger partial charge is 0.497 e. The summed E-state index contributed by atoms with van der Waals surface area (Å²) in [5, 5.41) is 47.7. The lowest BCUT2D eigenvalue weighted by molar-refractivity contribution is -0.208. The highest BCUT2D eigenvalue weighted by Gasteiger charge is 2.46. The number of benzene rings is 2. The van der Waals surface area contributed by atoms with Gasteiger partial charge in [-0.1, -0.05) is 34.7 Å². The van der Waals surface area contributed by atoms with Gasteiger partial charge in [0.15, 0.2) is 5.82 Å². The van der Waals surface area contributed by atoms with E-state index in [2.05, 4.69) is 20.6 Å². The van der Waals surface area contributed by atoms with Crippen molar-refractivity contribution >= 4 is 11.0 Å². The molecular formula is C21H22N6O5. The predicted octanol–water partition coefficient (Wildman–Crippen LogP) is 0.416. The van der Waals surface area contributed by atoms with Crippen molar-refractivity contribution in [2.24, 2.45) is 0 Å². The summed E-state index contributed by atoms with van der Waals surface area (Å²) in [5.41, 5.74) is 2.19. The Labute approximate surface area is 182 Å². The number of aliphatic hydroxyl groups is 3. The summed E-state index contributed by atoms with van der Waals surface area (Å²) in [6.07, 6.45) is -2.62. The van der Waals surface area contributed by atoms with Crippen molar-refractivity contribution in [2.75, 3.05) is 13.7 Å². The standard InChI is InChI=1S/C21H22N6O5/c1-31-13-8-6-12(7-9-13)21-18(20(30)19(29)16(11-28)32-21)26-10-17(23-24-26)27-15-5-3-2-4-14(15)22-25-27/h2-10,16,18-21,28-30H,11H2,1H3/t16-,18-,19+,20-,21+/m1/s1. The zero-order valence-corrected chi connectivity index (χ0v) is 17.1. The Morgan fingerprint density at radius 2 is 1.78 bits per heavy atom. The normalized spacial score (nSPS) is 25.8. The quantitative estimate of drug-likeness (QED) is 0.404. The van der Waals surface area contributed by atoms with Gasteiger partial charge in [-0.15, -0.1) is 10.2 Å². The van der Waals surface area contributed by atoms with Crippen molar-refractivity contribution in [1.82, 2.24) is 30.0 Å². The molecule has 11 heteroatoms. The van der Waals surface area contributed by atoms with Crippen LogP contribution in [0.5, 0.6) is 5.75 Å². The molecular weight excluding hydrogens is 416 g/mol. The fourth-order valence-electron chi connectivity index (χ4n) is 4.01. The molecule has 4 aromatic rings. The molecule has 0 saturated carbocycles. The number of methoxy groups -OCH3 is 1. The number of ether oxygens (including phenoxy) is 2. The maximum absolute atomic E-state index is 10.9. The van der Waals surface area contributed by atoms with Crippen LogP contribution in [0.2, 0.25) is 0 Å². The fourth-order valence-corrected chi connectivity index (χ4v) is 4.01. The fraction of sp³-hybridized carbons (Fsp3) is 0.333. The Morgan fingerprint density at radius 3 is 2.53 bits per heavy atom. The van der Waals surface area contributed by atoms with Crippen molar-refractivity contribution in [3.05, 3.63) is 60.3 Å². The van der Waals surface area contributed by atoms with Gasteiger partial charge in [0.25, 0.3) is 0 Å². The highest BCUT2D eigenvalue weighted by molar-refractivity contribution is 5.75. The summed E-state index contributed by atoms with van der Waals surface area (Å²) in [6.45, 7) is -0.439. The molecule has 32 heavy (non-hydrogen) atoms. The van der Waals surface area contributed by atoms with Gasteiger partial charge in [0.05, 0.1) is 25.4 Å². The Bertz CT molecular complexity index is 1210. The summed E-state index contributed by atoms with van der Waals surface area (Å²) in [7, 11) is 1.57. The van der Waals surface area contributed by atoms with Gasteiger partial charge < -0.3 is 24.8 Å². The highest BCUT2D eigenvalue weighted by Crippen LogP contribution is 2.40. The first kappa shape index (κ1) is 20.5. The molecule has 166 valence electrons. The molecule has 0 aliphatic carbocycles. The van der Waals surface area contributed by atoms with Crippen molar-refractivity contribution in [3.63, 3.8) is 0 Å². The van der Waals surface area contributed by atoms with E-state index in [9.17, 15) is 15.3 Å². The number of fused-ring (bicyclic) bond motifs is 1. The number of aromatic nitrogens is 6. The zero-order chi connectivity index (χ0) is 22.2. The van der Waals surface area contributed by atoms with Crippen molar-refractivity contribution in [3.8, 4) is 11.6 Å². The maximum atomic E-state index is 10.9. The first-order valence-corrected chi connectivity index (χ1v) is 10.1. The summed E-state index contributed by atoms with van der Waals surface area (Å²) >= 11 is 0. The van der Waals surface area contributed by atoms with E-state index < -0.39 is 37.1 Å². The molecule has 1 aliphatic heterocycles. The molecule has 11 nitrogen and oxygen atoms in total. The molecule has 0 bridgehead atoms. The van der Waals surface area contributed by atoms with E-state index in [0.29, 0.717) is 17.1 Å². The second kappa shape index (κ2) is 8.28.